The van der Waals surface area contributed by atoms with Gasteiger partial charge in [-0.3, -0.25) is 9.48 Å². The minimum atomic E-state index is 0.0187. The summed E-state index contributed by atoms with van der Waals surface area (Å²) in [5, 5.41) is 4.27. The maximum atomic E-state index is 13.5. The van der Waals surface area contributed by atoms with Gasteiger partial charge in [0.25, 0.3) is 5.91 Å². The Kier molecular flexibility index (Phi) is 7.57. The van der Waals surface area contributed by atoms with Gasteiger partial charge in [0, 0.05) is 43.7 Å². The van der Waals surface area contributed by atoms with Gasteiger partial charge in [-0.05, 0) is 68.8 Å². The van der Waals surface area contributed by atoms with E-state index in [0.29, 0.717) is 19.7 Å². The molecule has 4 rings (SSSR count). The second-order valence-corrected chi connectivity index (χ2v) is 9.01. The zero-order valence-electron chi connectivity index (χ0n) is 19.9. The summed E-state index contributed by atoms with van der Waals surface area (Å²) in [4.78, 5) is 17.7. The molecule has 0 bridgehead atoms. The second-order valence-electron chi connectivity index (χ2n) is 9.01. The summed E-state index contributed by atoms with van der Waals surface area (Å²) in [5.74, 6) is 0.0896. The molecule has 0 radical (unpaired) electrons. The predicted octanol–water partition coefficient (Wildman–Crippen LogP) is 4.38. The molecule has 0 aliphatic carbocycles. The van der Waals surface area contributed by atoms with Gasteiger partial charge in [0.15, 0.2) is 0 Å². The van der Waals surface area contributed by atoms with Crippen LogP contribution in [0.1, 0.15) is 52.9 Å². The fourth-order valence-corrected chi connectivity index (χ4v) is 4.61. The number of rotatable bonds is 8. The van der Waals surface area contributed by atoms with Crippen LogP contribution in [0, 0.1) is 0 Å². The summed E-state index contributed by atoms with van der Waals surface area (Å²) < 4.78 is 7.98. The molecule has 0 N–H and O–H groups in total. The Hall–Kier alpha value is -2.96. The van der Waals surface area contributed by atoms with E-state index < -0.39 is 0 Å². The van der Waals surface area contributed by atoms with Gasteiger partial charge in [-0.1, -0.05) is 36.4 Å². The van der Waals surface area contributed by atoms with Gasteiger partial charge in [0.2, 0.25) is 0 Å². The van der Waals surface area contributed by atoms with Crippen molar-refractivity contribution in [1.29, 1.82) is 0 Å². The van der Waals surface area contributed by atoms with E-state index in [2.05, 4.69) is 55.3 Å². The van der Waals surface area contributed by atoms with Crippen LogP contribution in [0.5, 0.6) is 0 Å². The van der Waals surface area contributed by atoms with E-state index in [-0.39, 0.29) is 18.1 Å². The van der Waals surface area contributed by atoms with E-state index in [9.17, 15) is 4.79 Å². The van der Waals surface area contributed by atoms with Crippen molar-refractivity contribution >= 4 is 5.91 Å². The average molecular weight is 447 g/mol. The number of nitrogens with zero attached hydrogens (tertiary/aromatic N) is 4. The lowest BCUT2D eigenvalue weighted by Crippen LogP contribution is -2.44. The van der Waals surface area contributed by atoms with E-state index in [0.717, 1.165) is 30.5 Å². The highest BCUT2D eigenvalue weighted by atomic mass is 16.5. The number of aromatic nitrogens is 2. The van der Waals surface area contributed by atoms with E-state index in [1.165, 1.54) is 11.1 Å². The third-order valence-corrected chi connectivity index (χ3v) is 6.23. The summed E-state index contributed by atoms with van der Waals surface area (Å²) in [6.45, 7) is 4.99. The van der Waals surface area contributed by atoms with Gasteiger partial charge in [0.05, 0.1) is 12.6 Å². The van der Waals surface area contributed by atoms with Crippen LogP contribution >= 0.6 is 0 Å². The molecule has 1 amide bonds. The zero-order valence-corrected chi connectivity index (χ0v) is 19.9. The highest BCUT2D eigenvalue weighted by Gasteiger charge is 2.30. The third kappa shape index (κ3) is 5.89. The van der Waals surface area contributed by atoms with Gasteiger partial charge >= 0.3 is 0 Å². The Bertz CT molecular complexity index is 1030. The molecule has 1 aliphatic heterocycles. The molecule has 2 atom stereocenters. The topological polar surface area (TPSA) is 50.6 Å². The Balaban J connectivity index is 1.45. The van der Waals surface area contributed by atoms with Crippen molar-refractivity contribution in [2.24, 2.45) is 0 Å². The van der Waals surface area contributed by atoms with Gasteiger partial charge in [-0.15, -0.1) is 0 Å². The highest BCUT2D eigenvalue weighted by molar-refractivity contribution is 5.94. The average Bonchev–Trinajstić information content (AvgIpc) is 3.33. The molecule has 1 fully saturated rings. The molecule has 0 saturated carbocycles. The molecule has 0 spiro atoms. The maximum Gasteiger partial charge on any atom is 0.254 e. The lowest BCUT2D eigenvalue weighted by Gasteiger charge is -2.37. The summed E-state index contributed by atoms with van der Waals surface area (Å²) in [7, 11) is 4.15. The summed E-state index contributed by atoms with van der Waals surface area (Å²) in [5.41, 5.74) is 4.28. The molecule has 33 heavy (non-hydrogen) atoms. The maximum absolute atomic E-state index is 13.5. The Labute approximate surface area is 196 Å². The molecular weight excluding hydrogens is 412 g/mol. The van der Waals surface area contributed by atoms with Crippen molar-refractivity contribution in [3.05, 3.63) is 89.2 Å². The van der Waals surface area contributed by atoms with Gasteiger partial charge in [0.1, 0.15) is 0 Å². The quantitative estimate of drug-likeness (QED) is 0.515. The van der Waals surface area contributed by atoms with Crippen molar-refractivity contribution in [2.45, 2.75) is 45.0 Å². The zero-order chi connectivity index (χ0) is 23.2. The number of carbonyl (C=O) groups excluding carboxylic acids is 1. The molecule has 6 nitrogen and oxygen atoms in total. The molecule has 0 unspecified atom stereocenters. The van der Waals surface area contributed by atoms with Crippen LogP contribution in [-0.2, 0) is 17.8 Å². The molecule has 3 aromatic rings. The first-order valence-corrected chi connectivity index (χ1v) is 11.8. The monoisotopic (exact) mass is 446 g/mol. The molecule has 1 saturated heterocycles. The molecular formula is C27H34N4O2. The summed E-state index contributed by atoms with van der Waals surface area (Å²) in [6, 6.07) is 18.7. The van der Waals surface area contributed by atoms with Crippen molar-refractivity contribution in [2.75, 3.05) is 27.2 Å². The first-order valence-electron chi connectivity index (χ1n) is 11.8. The van der Waals surface area contributed by atoms with E-state index >= 15 is 0 Å². The molecule has 174 valence electrons. The minimum Gasteiger partial charge on any atom is -0.373 e. The number of hydrogen-bond acceptors (Lipinski definition) is 4. The minimum absolute atomic E-state index is 0.0187. The van der Waals surface area contributed by atoms with Crippen molar-refractivity contribution in [1.82, 2.24) is 19.6 Å². The molecule has 2 heterocycles. The van der Waals surface area contributed by atoms with Crippen LogP contribution in [0.4, 0.5) is 0 Å². The van der Waals surface area contributed by atoms with Crippen molar-refractivity contribution < 1.29 is 9.53 Å². The smallest absolute Gasteiger partial charge is 0.254 e. The number of ether oxygens (including phenoxy) is 1. The van der Waals surface area contributed by atoms with E-state index in [4.69, 9.17) is 4.74 Å². The SMILES string of the molecule is CCN(C(=O)c1cccc(Cn2cccn2)c1)[C@H]1CCO[C@@H](c2ccc(CN(C)C)cc2)C1. The summed E-state index contributed by atoms with van der Waals surface area (Å²) >= 11 is 0. The number of hydrogen-bond donors (Lipinski definition) is 0. The highest BCUT2D eigenvalue weighted by Crippen LogP contribution is 2.31. The van der Waals surface area contributed by atoms with Crippen molar-refractivity contribution in [3.8, 4) is 0 Å². The number of carbonyl (C=O) groups is 1. The van der Waals surface area contributed by atoms with Crippen LogP contribution in [0.15, 0.2) is 67.0 Å². The normalized spacial score (nSPS) is 18.4. The largest absolute Gasteiger partial charge is 0.373 e. The van der Waals surface area contributed by atoms with Gasteiger partial charge in [-0.2, -0.15) is 5.10 Å². The first-order chi connectivity index (χ1) is 16.0. The number of benzene rings is 2. The van der Waals surface area contributed by atoms with Crippen LogP contribution in [0.25, 0.3) is 0 Å². The summed E-state index contributed by atoms with van der Waals surface area (Å²) in [6.07, 6.45) is 5.40. The molecule has 1 aliphatic rings. The molecule has 2 aromatic carbocycles. The van der Waals surface area contributed by atoms with Crippen LogP contribution in [0.2, 0.25) is 0 Å². The lowest BCUT2D eigenvalue weighted by atomic mass is 9.95. The van der Waals surface area contributed by atoms with Gasteiger partial charge < -0.3 is 14.5 Å². The Morgan fingerprint density at radius 1 is 1.12 bits per heavy atom. The third-order valence-electron chi connectivity index (χ3n) is 6.23. The first kappa shape index (κ1) is 23.2. The fraction of sp³-hybridized carbons (Fsp3) is 0.407. The standard InChI is InChI=1S/C27H34N4O2/c1-4-31(27(32)24-8-5-7-22(17-24)20-30-15-6-14-28-30)25-13-16-33-26(18-25)23-11-9-21(10-12-23)19-29(2)3/h5-12,14-15,17,25-26H,4,13,16,18-20H2,1-3H3/t25-,26+/m0/s1. The molecule has 1 aromatic heterocycles. The Morgan fingerprint density at radius 3 is 2.64 bits per heavy atom. The lowest BCUT2D eigenvalue weighted by molar-refractivity contribution is -0.0231. The molecule has 6 heteroatoms. The Morgan fingerprint density at radius 2 is 1.94 bits per heavy atom. The fourth-order valence-electron chi connectivity index (χ4n) is 4.61. The number of amides is 1. The second kappa shape index (κ2) is 10.8. The van der Waals surface area contributed by atoms with Crippen LogP contribution < -0.4 is 0 Å². The van der Waals surface area contributed by atoms with Crippen molar-refractivity contribution in [3.63, 3.8) is 0 Å². The van der Waals surface area contributed by atoms with E-state index in [1.54, 1.807) is 6.20 Å². The van der Waals surface area contributed by atoms with Crippen LogP contribution in [0.3, 0.4) is 0 Å². The van der Waals surface area contributed by atoms with E-state index in [1.807, 2.05) is 46.1 Å². The predicted molar refractivity (Wildman–Crippen MR) is 130 cm³/mol. The van der Waals surface area contributed by atoms with Crippen LogP contribution in [-0.4, -0.2) is 58.8 Å². The van der Waals surface area contributed by atoms with Gasteiger partial charge in [-0.25, -0.2) is 0 Å².